The van der Waals surface area contributed by atoms with Crippen molar-refractivity contribution in [2.24, 2.45) is 0 Å². The van der Waals surface area contributed by atoms with Crippen molar-refractivity contribution in [3.05, 3.63) is 47.5 Å². The van der Waals surface area contributed by atoms with Crippen molar-refractivity contribution >= 4 is 29.0 Å². The summed E-state index contributed by atoms with van der Waals surface area (Å²) in [4.78, 5) is 25.5. The Morgan fingerprint density at radius 2 is 2.20 bits per heavy atom. The summed E-state index contributed by atoms with van der Waals surface area (Å²) >= 11 is 1.42. The topological polar surface area (TPSA) is 110 Å². The van der Waals surface area contributed by atoms with Gasteiger partial charge in [-0.2, -0.15) is 0 Å². The van der Waals surface area contributed by atoms with Crippen molar-refractivity contribution in [3.8, 4) is 17.1 Å². The van der Waals surface area contributed by atoms with E-state index in [1.807, 2.05) is 6.26 Å². The number of methoxy groups -OCH3 is 1. The first-order chi connectivity index (χ1) is 17.1. The number of H-pyrrole nitrogens is 1. The van der Waals surface area contributed by atoms with E-state index in [2.05, 4.69) is 25.6 Å². The molecular formula is C24H26FN5O4S. The maximum atomic E-state index is 14.4. The van der Waals surface area contributed by atoms with Crippen LogP contribution < -0.4 is 15.4 Å². The fourth-order valence-corrected chi connectivity index (χ4v) is 4.86. The quantitative estimate of drug-likeness (QED) is 0.333. The highest BCUT2D eigenvalue weighted by Crippen LogP contribution is 2.42. The second kappa shape index (κ2) is 10.2. The number of carbonyl (C=O) groups is 1. The number of nitrogens with zero attached hydrogens (tertiary/aromatic N) is 2. The Morgan fingerprint density at radius 1 is 1.31 bits per heavy atom. The zero-order valence-corrected chi connectivity index (χ0v) is 20.2. The van der Waals surface area contributed by atoms with Crippen LogP contribution in [0.3, 0.4) is 0 Å². The number of nitrogens with one attached hydrogen (secondary N) is 3. The predicted octanol–water partition coefficient (Wildman–Crippen LogP) is 3.72. The van der Waals surface area contributed by atoms with Crippen LogP contribution in [0, 0.1) is 5.82 Å². The lowest BCUT2D eigenvalue weighted by molar-refractivity contribution is -0.0928. The molecule has 1 amide bonds. The lowest BCUT2D eigenvalue weighted by Crippen LogP contribution is -2.38. The van der Waals surface area contributed by atoms with Crippen LogP contribution >= 0.6 is 11.8 Å². The largest absolute Gasteiger partial charge is 0.492 e. The van der Waals surface area contributed by atoms with E-state index in [1.54, 1.807) is 24.4 Å². The second-order valence-electron chi connectivity index (χ2n) is 8.25. The number of amides is 1. The third-order valence-electron chi connectivity index (χ3n) is 6.11. The molecule has 4 heterocycles. The number of ether oxygens (including phenoxy) is 3. The lowest BCUT2D eigenvalue weighted by atomic mass is 9.91. The summed E-state index contributed by atoms with van der Waals surface area (Å²) in [5.41, 5.74) is 3.36. The van der Waals surface area contributed by atoms with Gasteiger partial charge in [0.05, 0.1) is 61.4 Å². The molecule has 2 aliphatic rings. The highest BCUT2D eigenvalue weighted by molar-refractivity contribution is 7.98. The summed E-state index contributed by atoms with van der Waals surface area (Å²) in [5.74, 6) is -0.704. The Balaban J connectivity index is 1.62. The van der Waals surface area contributed by atoms with Crippen molar-refractivity contribution in [1.29, 1.82) is 0 Å². The Bertz CT molecular complexity index is 1230. The maximum absolute atomic E-state index is 14.4. The molecule has 35 heavy (non-hydrogen) atoms. The number of fused-ring (bicyclic) bond motifs is 1. The number of thioether (sulfide) groups is 1. The van der Waals surface area contributed by atoms with Gasteiger partial charge in [-0.1, -0.05) is 17.8 Å². The van der Waals surface area contributed by atoms with Crippen LogP contribution in [-0.4, -0.2) is 66.7 Å². The van der Waals surface area contributed by atoms with Crippen LogP contribution in [0.5, 0.6) is 5.75 Å². The molecule has 1 aromatic carbocycles. The number of aromatic amines is 1. The van der Waals surface area contributed by atoms with Crippen molar-refractivity contribution in [1.82, 2.24) is 20.3 Å². The Morgan fingerprint density at radius 3 is 2.97 bits per heavy atom. The molecule has 3 aromatic rings. The van der Waals surface area contributed by atoms with Gasteiger partial charge in [-0.3, -0.25) is 4.79 Å². The van der Waals surface area contributed by atoms with Gasteiger partial charge >= 0.3 is 0 Å². The van der Waals surface area contributed by atoms with Gasteiger partial charge in [0.15, 0.2) is 16.7 Å². The smallest absolute Gasteiger partial charge is 0.255 e. The summed E-state index contributed by atoms with van der Waals surface area (Å²) in [7, 11) is 1.40. The van der Waals surface area contributed by atoms with Gasteiger partial charge in [0.25, 0.3) is 5.91 Å². The molecule has 3 N–H and O–H groups in total. The molecule has 2 aliphatic heterocycles. The van der Waals surface area contributed by atoms with Crippen molar-refractivity contribution in [3.63, 3.8) is 0 Å². The highest BCUT2D eigenvalue weighted by Gasteiger charge is 2.35. The molecule has 0 bridgehead atoms. The minimum Gasteiger partial charge on any atom is -0.492 e. The maximum Gasteiger partial charge on any atom is 0.255 e. The molecule has 5 rings (SSSR count). The number of carbonyl (C=O) groups excluding carboxylic acids is 1. The monoisotopic (exact) mass is 499 g/mol. The van der Waals surface area contributed by atoms with Gasteiger partial charge in [0, 0.05) is 24.4 Å². The van der Waals surface area contributed by atoms with Crippen LogP contribution in [0.1, 0.15) is 28.4 Å². The molecule has 1 unspecified atom stereocenters. The summed E-state index contributed by atoms with van der Waals surface area (Å²) in [6.45, 7) is 2.12. The van der Waals surface area contributed by atoms with Crippen LogP contribution in [0.4, 0.5) is 15.8 Å². The number of benzene rings is 1. The predicted molar refractivity (Wildman–Crippen MR) is 130 cm³/mol. The summed E-state index contributed by atoms with van der Waals surface area (Å²) in [6, 6.07) is 6.38. The molecule has 0 saturated carbocycles. The first-order valence-corrected chi connectivity index (χ1v) is 12.5. The molecule has 0 aliphatic carbocycles. The molecule has 2 atom stereocenters. The average molecular weight is 500 g/mol. The SMILES string of the molecule is COc1c(F)cccc1Nc1c(-c2ccnc(SC)n2)[nH]c2c1C(=O)NCC2C[C@@H]1COCCO1. The molecule has 9 nitrogen and oxygen atoms in total. The van der Waals surface area contributed by atoms with Gasteiger partial charge in [0.1, 0.15) is 0 Å². The molecule has 0 radical (unpaired) electrons. The Hall–Kier alpha value is -3.15. The van der Waals surface area contributed by atoms with E-state index in [1.165, 1.54) is 24.9 Å². The normalized spacial score (nSPS) is 19.7. The number of hydrogen-bond acceptors (Lipinski definition) is 8. The average Bonchev–Trinajstić information content (AvgIpc) is 3.27. The number of aromatic nitrogens is 3. The number of anilines is 2. The number of para-hydroxylation sites is 1. The number of rotatable bonds is 7. The van der Waals surface area contributed by atoms with Crippen LogP contribution in [-0.2, 0) is 9.47 Å². The van der Waals surface area contributed by atoms with Crippen LogP contribution in [0.25, 0.3) is 11.4 Å². The first kappa shape index (κ1) is 23.6. The fraction of sp³-hybridized carbons (Fsp3) is 0.375. The third-order valence-corrected chi connectivity index (χ3v) is 6.67. The van der Waals surface area contributed by atoms with Gasteiger partial charge in [-0.15, -0.1) is 0 Å². The summed E-state index contributed by atoms with van der Waals surface area (Å²) in [5, 5.41) is 6.84. The van der Waals surface area contributed by atoms with E-state index in [9.17, 15) is 9.18 Å². The number of hydrogen-bond donors (Lipinski definition) is 3. The standard InChI is InChI=1S/C24H26FN5O4S/c1-32-22-15(25)4-3-5-17(22)28-21-18-19(30-20(21)16-6-7-26-24(29-16)35-2)13(11-27-23(18)31)10-14-12-33-8-9-34-14/h3-7,13-14,28,30H,8-12H2,1-2H3,(H,27,31)/t13?,14-/m1/s1. The second-order valence-corrected chi connectivity index (χ2v) is 9.02. The third kappa shape index (κ3) is 4.71. The summed E-state index contributed by atoms with van der Waals surface area (Å²) in [6.07, 6.45) is 4.18. The molecule has 184 valence electrons. The molecular weight excluding hydrogens is 473 g/mol. The Kier molecular flexibility index (Phi) is 6.89. The molecule has 1 saturated heterocycles. The van der Waals surface area contributed by atoms with Crippen LogP contribution in [0.2, 0.25) is 0 Å². The van der Waals surface area contributed by atoms with Gasteiger partial charge < -0.3 is 29.8 Å². The van der Waals surface area contributed by atoms with E-state index >= 15 is 0 Å². The minimum absolute atomic E-state index is 0.0278. The van der Waals surface area contributed by atoms with E-state index in [0.717, 1.165) is 5.69 Å². The Labute approximate surface area is 206 Å². The summed E-state index contributed by atoms with van der Waals surface area (Å²) < 4.78 is 31.2. The van der Waals surface area contributed by atoms with Crippen LogP contribution in [0.15, 0.2) is 35.6 Å². The fourth-order valence-electron chi connectivity index (χ4n) is 4.50. The highest BCUT2D eigenvalue weighted by atomic mass is 32.2. The molecule has 2 aromatic heterocycles. The van der Waals surface area contributed by atoms with Crippen molar-refractivity contribution in [2.75, 3.05) is 45.0 Å². The zero-order valence-electron chi connectivity index (χ0n) is 19.4. The zero-order chi connectivity index (χ0) is 24.4. The van der Waals surface area contributed by atoms with E-state index in [4.69, 9.17) is 14.2 Å². The first-order valence-electron chi connectivity index (χ1n) is 11.3. The van der Waals surface area contributed by atoms with Crippen molar-refractivity contribution < 1.29 is 23.4 Å². The minimum atomic E-state index is -0.507. The van der Waals surface area contributed by atoms with Crippen molar-refractivity contribution in [2.45, 2.75) is 23.6 Å². The molecule has 0 spiro atoms. The van der Waals surface area contributed by atoms with E-state index < -0.39 is 5.82 Å². The van der Waals surface area contributed by atoms with Gasteiger partial charge in [-0.05, 0) is 30.9 Å². The molecule has 1 fully saturated rings. The van der Waals surface area contributed by atoms with E-state index in [-0.39, 0.29) is 23.7 Å². The van der Waals surface area contributed by atoms with Gasteiger partial charge in [0.2, 0.25) is 0 Å². The molecule has 11 heteroatoms. The van der Waals surface area contributed by atoms with Gasteiger partial charge in [-0.25, -0.2) is 14.4 Å². The number of halogens is 1. The lowest BCUT2D eigenvalue weighted by Gasteiger charge is -2.29. The van der Waals surface area contributed by atoms with E-state index in [0.29, 0.717) is 66.3 Å².